The second kappa shape index (κ2) is 11.3. The maximum Gasteiger partial charge on any atom is 0.315 e. The summed E-state index contributed by atoms with van der Waals surface area (Å²) in [6, 6.07) is 16.4. The summed E-state index contributed by atoms with van der Waals surface area (Å²) < 4.78 is 11.4. The third-order valence-corrected chi connectivity index (χ3v) is 7.09. The standard InChI is InChI=1S/C29H31N5O5/c1-18-25(28-31-24(32-39-28)16-33(3)15-20-8-5-4-6-9-20)27(22-10-7-11-23(14-22)34(36)37)26(19(2)30-18)29(35)38-17-21-12-13-21/h4-11,14,21,26-27H,12-13,15-17H2,1-3H3. The number of carbonyl (C=O) groups excluding carboxylic acids is 1. The van der Waals surface area contributed by atoms with Gasteiger partial charge in [0, 0.05) is 41.6 Å². The van der Waals surface area contributed by atoms with Crippen LogP contribution in [0, 0.1) is 22.0 Å². The van der Waals surface area contributed by atoms with Crippen molar-refractivity contribution in [2.45, 2.75) is 45.7 Å². The molecule has 0 N–H and O–H groups in total. The maximum atomic E-state index is 13.4. The maximum absolute atomic E-state index is 13.4. The van der Waals surface area contributed by atoms with Crippen molar-refractivity contribution in [1.29, 1.82) is 0 Å². The lowest BCUT2D eigenvalue weighted by molar-refractivity contribution is -0.384. The van der Waals surface area contributed by atoms with Crippen molar-refractivity contribution in [2.75, 3.05) is 13.7 Å². The molecule has 1 aliphatic carbocycles. The molecule has 3 aromatic rings. The van der Waals surface area contributed by atoms with Crippen LogP contribution in [0.15, 0.2) is 69.8 Å². The summed E-state index contributed by atoms with van der Waals surface area (Å²) in [5.74, 6) is -0.699. The summed E-state index contributed by atoms with van der Waals surface area (Å²) in [5, 5.41) is 15.8. The summed E-state index contributed by atoms with van der Waals surface area (Å²) in [5.41, 5.74) is 3.45. The molecule has 202 valence electrons. The number of carbonyl (C=O) groups is 1. The molecule has 0 radical (unpaired) electrons. The van der Waals surface area contributed by atoms with Gasteiger partial charge in [-0.05, 0) is 50.8 Å². The number of aromatic nitrogens is 2. The van der Waals surface area contributed by atoms with Crippen molar-refractivity contribution in [3.8, 4) is 0 Å². The van der Waals surface area contributed by atoms with Gasteiger partial charge in [0.15, 0.2) is 5.82 Å². The molecule has 0 saturated heterocycles. The summed E-state index contributed by atoms with van der Waals surface area (Å²) in [7, 11) is 1.97. The first-order valence-corrected chi connectivity index (χ1v) is 13.0. The summed E-state index contributed by atoms with van der Waals surface area (Å²) in [6.07, 6.45) is 2.10. The van der Waals surface area contributed by atoms with E-state index in [2.05, 4.69) is 32.2 Å². The third kappa shape index (κ3) is 6.12. The fourth-order valence-corrected chi connectivity index (χ4v) is 5.01. The molecule has 2 aromatic carbocycles. The van der Waals surface area contributed by atoms with Gasteiger partial charge in [0.2, 0.25) is 0 Å². The van der Waals surface area contributed by atoms with Gasteiger partial charge < -0.3 is 9.26 Å². The highest BCUT2D eigenvalue weighted by Gasteiger charge is 2.42. The van der Waals surface area contributed by atoms with Crippen LogP contribution in [0.3, 0.4) is 0 Å². The zero-order valence-corrected chi connectivity index (χ0v) is 22.2. The summed E-state index contributed by atoms with van der Waals surface area (Å²) in [6.45, 7) is 5.12. The van der Waals surface area contributed by atoms with Crippen LogP contribution in [0.4, 0.5) is 5.69 Å². The molecule has 0 amide bonds. The van der Waals surface area contributed by atoms with E-state index in [0.29, 0.717) is 54.0 Å². The number of hydrogen-bond donors (Lipinski definition) is 0. The van der Waals surface area contributed by atoms with Crippen LogP contribution >= 0.6 is 0 Å². The number of esters is 1. The molecule has 2 unspecified atom stereocenters. The monoisotopic (exact) mass is 529 g/mol. The van der Waals surface area contributed by atoms with Gasteiger partial charge in [-0.1, -0.05) is 47.6 Å². The van der Waals surface area contributed by atoms with E-state index in [1.54, 1.807) is 19.1 Å². The number of nitro benzene ring substituents is 1. The first-order valence-electron chi connectivity index (χ1n) is 13.0. The number of nitrogens with zero attached hydrogens (tertiary/aromatic N) is 5. The Morgan fingerprint density at radius 2 is 1.90 bits per heavy atom. The van der Waals surface area contributed by atoms with Crippen LogP contribution in [0.2, 0.25) is 0 Å². The highest BCUT2D eigenvalue weighted by atomic mass is 16.6. The van der Waals surface area contributed by atoms with E-state index < -0.39 is 22.7 Å². The van der Waals surface area contributed by atoms with E-state index in [-0.39, 0.29) is 11.6 Å². The average molecular weight is 530 g/mol. The fraction of sp³-hybridized carbons (Fsp3) is 0.379. The predicted octanol–water partition coefficient (Wildman–Crippen LogP) is 5.17. The van der Waals surface area contributed by atoms with Gasteiger partial charge in [0.1, 0.15) is 5.92 Å². The molecule has 5 rings (SSSR count). The third-order valence-electron chi connectivity index (χ3n) is 7.09. The second-order valence-electron chi connectivity index (χ2n) is 10.3. The molecule has 2 atom stereocenters. The highest BCUT2D eigenvalue weighted by Crippen LogP contribution is 2.45. The normalized spacial score (nSPS) is 19.2. The molecule has 39 heavy (non-hydrogen) atoms. The molecule has 2 aliphatic rings. The first kappa shape index (κ1) is 26.4. The van der Waals surface area contributed by atoms with Crippen LogP contribution in [-0.4, -0.2) is 45.3 Å². The van der Waals surface area contributed by atoms with Gasteiger partial charge in [-0.2, -0.15) is 4.98 Å². The molecule has 1 saturated carbocycles. The second-order valence-corrected chi connectivity index (χ2v) is 10.3. The number of benzene rings is 2. The number of ether oxygens (including phenoxy) is 1. The van der Waals surface area contributed by atoms with Crippen molar-refractivity contribution in [3.05, 3.63) is 93.3 Å². The molecule has 10 nitrogen and oxygen atoms in total. The largest absolute Gasteiger partial charge is 0.465 e. The lowest BCUT2D eigenvalue weighted by Gasteiger charge is -2.31. The molecule has 2 heterocycles. The molecule has 0 bridgehead atoms. The van der Waals surface area contributed by atoms with E-state index in [0.717, 1.165) is 18.4 Å². The van der Waals surface area contributed by atoms with Crippen molar-refractivity contribution in [2.24, 2.45) is 16.8 Å². The molecular formula is C29H31N5O5. The Morgan fingerprint density at radius 1 is 1.13 bits per heavy atom. The van der Waals surface area contributed by atoms with E-state index in [4.69, 9.17) is 9.26 Å². The smallest absolute Gasteiger partial charge is 0.315 e. The summed E-state index contributed by atoms with van der Waals surface area (Å²) >= 11 is 0. The average Bonchev–Trinajstić information content (AvgIpc) is 3.64. The van der Waals surface area contributed by atoms with Crippen molar-refractivity contribution >= 4 is 22.9 Å². The number of hydrogen-bond acceptors (Lipinski definition) is 9. The molecule has 1 aromatic heterocycles. The number of allylic oxidation sites excluding steroid dienone is 2. The first-order chi connectivity index (χ1) is 18.8. The van der Waals surface area contributed by atoms with Crippen molar-refractivity contribution in [1.82, 2.24) is 15.0 Å². The van der Waals surface area contributed by atoms with Gasteiger partial charge in [-0.3, -0.25) is 24.8 Å². The SMILES string of the molecule is CC1=NC(C)=C(c2nc(CN(C)Cc3ccccc3)no2)C(c2cccc([N+](=O)[O-])c2)C1C(=O)OCC1CC1. The Bertz CT molecular complexity index is 1430. The molecular weight excluding hydrogens is 498 g/mol. The Morgan fingerprint density at radius 3 is 2.62 bits per heavy atom. The Kier molecular flexibility index (Phi) is 7.65. The predicted molar refractivity (Wildman–Crippen MR) is 145 cm³/mol. The highest BCUT2D eigenvalue weighted by molar-refractivity contribution is 6.06. The van der Waals surface area contributed by atoms with Gasteiger partial charge >= 0.3 is 5.97 Å². The minimum absolute atomic E-state index is 0.0662. The zero-order valence-electron chi connectivity index (χ0n) is 22.2. The van der Waals surface area contributed by atoms with Crippen molar-refractivity contribution < 1.29 is 19.0 Å². The quantitative estimate of drug-likeness (QED) is 0.200. The summed E-state index contributed by atoms with van der Waals surface area (Å²) in [4.78, 5) is 36.0. The Hall–Kier alpha value is -4.18. The van der Waals surface area contributed by atoms with Crippen LogP contribution in [-0.2, 0) is 22.6 Å². The minimum atomic E-state index is -0.777. The Balaban J connectivity index is 1.47. The molecule has 0 spiro atoms. The molecule has 1 fully saturated rings. The van der Waals surface area contributed by atoms with Crippen LogP contribution in [0.5, 0.6) is 0 Å². The minimum Gasteiger partial charge on any atom is -0.465 e. The van der Waals surface area contributed by atoms with Gasteiger partial charge in [-0.25, -0.2) is 0 Å². The zero-order chi connectivity index (χ0) is 27.5. The number of nitro groups is 1. The van der Waals surface area contributed by atoms with Crippen molar-refractivity contribution in [3.63, 3.8) is 0 Å². The van der Waals surface area contributed by atoms with Crippen LogP contribution in [0.25, 0.3) is 5.57 Å². The lowest BCUT2D eigenvalue weighted by Crippen LogP contribution is -2.34. The molecule has 1 aliphatic heterocycles. The van der Waals surface area contributed by atoms with E-state index >= 15 is 0 Å². The van der Waals surface area contributed by atoms with E-state index in [1.165, 1.54) is 12.1 Å². The molecule has 10 heteroatoms. The lowest BCUT2D eigenvalue weighted by atomic mass is 9.75. The number of non-ortho nitro benzene ring substituents is 1. The van der Waals surface area contributed by atoms with E-state index in [9.17, 15) is 14.9 Å². The van der Waals surface area contributed by atoms with Crippen LogP contribution in [0.1, 0.15) is 55.4 Å². The fourth-order valence-electron chi connectivity index (χ4n) is 5.01. The Labute approximate surface area is 226 Å². The van der Waals surface area contributed by atoms with Gasteiger partial charge in [0.25, 0.3) is 11.6 Å². The topological polar surface area (TPSA) is 124 Å². The number of rotatable bonds is 10. The van der Waals surface area contributed by atoms with Gasteiger partial charge in [0.05, 0.1) is 18.1 Å². The van der Waals surface area contributed by atoms with Gasteiger partial charge in [-0.15, -0.1) is 0 Å². The van der Waals surface area contributed by atoms with E-state index in [1.807, 2.05) is 32.2 Å². The van der Waals surface area contributed by atoms with Crippen LogP contribution < -0.4 is 0 Å². The number of aliphatic imine (C=N–C) groups is 1.